The van der Waals surface area contributed by atoms with E-state index in [0.29, 0.717) is 31.8 Å². The molecule has 0 radical (unpaired) electrons. The maximum absolute atomic E-state index is 13.1. The van der Waals surface area contributed by atoms with Gasteiger partial charge in [0.1, 0.15) is 36.3 Å². The van der Waals surface area contributed by atoms with Crippen LogP contribution in [-0.4, -0.2) is 48.7 Å². The number of rotatable bonds is 19. The maximum Gasteiger partial charge on any atom is 0.336 e. The van der Waals surface area contributed by atoms with Crippen molar-refractivity contribution in [1.29, 1.82) is 0 Å². The van der Waals surface area contributed by atoms with Crippen molar-refractivity contribution in [3.63, 3.8) is 0 Å². The van der Waals surface area contributed by atoms with E-state index in [1.165, 1.54) is 0 Å². The fourth-order valence-corrected chi connectivity index (χ4v) is 7.30. The summed E-state index contributed by atoms with van der Waals surface area (Å²) in [6.45, 7) is 3.87. The third kappa shape index (κ3) is 11.1. The van der Waals surface area contributed by atoms with Crippen LogP contribution in [0.5, 0.6) is 5.75 Å². The third-order valence-electron chi connectivity index (χ3n) is 10.2. The Labute approximate surface area is 340 Å². The fourth-order valence-electron chi connectivity index (χ4n) is 7.30. The van der Waals surface area contributed by atoms with Crippen LogP contribution in [0.25, 0.3) is 0 Å². The summed E-state index contributed by atoms with van der Waals surface area (Å²) in [7, 11) is 0. The number of carbonyl (C=O) groups is 1. The van der Waals surface area contributed by atoms with E-state index in [1.807, 2.05) is 165 Å². The number of carboxylic acid groups (broad SMARTS) is 1. The van der Waals surface area contributed by atoms with E-state index in [1.54, 1.807) is 6.07 Å². The molecule has 6 aromatic rings. The summed E-state index contributed by atoms with van der Waals surface area (Å²) >= 11 is 0. The highest BCUT2D eigenvalue weighted by molar-refractivity contribution is 5.89. The van der Waals surface area contributed by atoms with Crippen LogP contribution in [0.4, 0.5) is 0 Å². The van der Waals surface area contributed by atoms with Crippen molar-refractivity contribution in [3.8, 4) is 5.75 Å². The number of carboxylic acids is 1. The molecule has 1 N–H and O–H groups in total. The first kappa shape index (κ1) is 40.6. The lowest BCUT2D eigenvalue weighted by atomic mass is 9.87. The Bertz CT molecular complexity index is 2130. The highest BCUT2D eigenvalue weighted by Gasteiger charge is 2.49. The molecule has 0 spiro atoms. The smallest absolute Gasteiger partial charge is 0.336 e. The van der Waals surface area contributed by atoms with Gasteiger partial charge in [0.05, 0.1) is 45.2 Å². The summed E-state index contributed by atoms with van der Waals surface area (Å²) in [5.74, 6) is -0.262. The molecule has 0 bridgehead atoms. The summed E-state index contributed by atoms with van der Waals surface area (Å²) in [5.41, 5.74) is 6.57. The average molecular weight is 779 g/mol. The average Bonchev–Trinajstić information content (AvgIpc) is 3.26. The van der Waals surface area contributed by atoms with Gasteiger partial charge >= 0.3 is 5.97 Å². The zero-order chi connectivity index (χ0) is 39.9. The lowest BCUT2D eigenvalue weighted by molar-refractivity contribution is -0.275. The van der Waals surface area contributed by atoms with Crippen LogP contribution in [-0.2, 0) is 56.5 Å². The SMILES string of the molecule is CCOc1ccc(Cc2ccc(C(=O)O)c([C@@H]3O[C@H](COCc4ccccc4)[C@@H](OCc4ccccc4)[C@H](OCc4ccccc4)[C@H]3OCc3ccccc3)c2)cc1. The zero-order valence-corrected chi connectivity index (χ0v) is 32.7. The predicted octanol–water partition coefficient (Wildman–Crippen LogP) is 9.79. The zero-order valence-electron chi connectivity index (χ0n) is 32.7. The molecule has 5 atom stereocenters. The van der Waals surface area contributed by atoms with E-state index in [9.17, 15) is 9.90 Å². The summed E-state index contributed by atoms with van der Waals surface area (Å²) in [4.78, 5) is 13.1. The standard InChI is InChI=1S/C50H50O8/c1-2-54-42-26-23-36(24-27-42)29-41-25-28-43(50(51)52)44(30-41)46-48(56-33-39-19-11-5-12-20-39)49(57-34-40-21-13-6-14-22-40)47(55-32-38-17-9-4-10-18-38)45(58-46)35-53-31-37-15-7-3-8-16-37/h3-28,30,45-49H,2,29,31-35H2,1H3,(H,51,52)/t45-,46+,47-,48+,49+/m1/s1. The molecule has 7 rings (SSSR count). The first-order chi connectivity index (χ1) is 28.5. The second-order valence-electron chi connectivity index (χ2n) is 14.4. The normalized spacial score (nSPS) is 19.1. The van der Waals surface area contributed by atoms with Crippen molar-refractivity contribution in [2.24, 2.45) is 0 Å². The summed E-state index contributed by atoms with van der Waals surface area (Å²) in [6.07, 6.45) is -3.09. The quantitative estimate of drug-likeness (QED) is 0.0870. The van der Waals surface area contributed by atoms with Crippen LogP contribution in [0.15, 0.2) is 164 Å². The van der Waals surface area contributed by atoms with E-state index in [2.05, 4.69) is 0 Å². The van der Waals surface area contributed by atoms with Crippen molar-refractivity contribution in [1.82, 2.24) is 0 Å². The molecular weight excluding hydrogens is 729 g/mol. The molecule has 1 fully saturated rings. The van der Waals surface area contributed by atoms with Gasteiger partial charge < -0.3 is 33.5 Å². The van der Waals surface area contributed by atoms with Crippen molar-refractivity contribution >= 4 is 5.97 Å². The summed E-state index contributed by atoms with van der Waals surface area (Å²) in [5, 5.41) is 10.7. The van der Waals surface area contributed by atoms with Gasteiger partial charge in [0.15, 0.2) is 0 Å². The lowest BCUT2D eigenvalue weighted by Gasteiger charge is -2.46. The van der Waals surface area contributed by atoms with Gasteiger partial charge in [-0.3, -0.25) is 0 Å². The molecule has 8 heteroatoms. The van der Waals surface area contributed by atoms with Crippen LogP contribution in [0.2, 0.25) is 0 Å². The fraction of sp³-hybridized carbons (Fsp3) is 0.260. The monoisotopic (exact) mass is 778 g/mol. The van der Waals surface area contributed by atoms with Crippen molar-refractivity contribution in [2.45, 2.75) is 70.3 Å². The van der Waals surface area contributed by atoms with Crippen LogP contribution in [0, 0.1) is 0 Å². The van der Waals surface area contributed by atoms with Gasteiger partial charge in [-0.25, -0.2) is 4.79 Å². The molecule has 298 valence electrons. The highest BCUT2D eigenvalue weighted by atomic mass is 16.6. The molecule has 58 heavy (non-hydrogen) atoms. The Kier molecular flexibility index (Phi) is 14.5. The minimum Gasteiger partial charge on any atom is -0.494 e. The number of ether oxygens (including phenoxy) is 6. The van der Waals surface area contributed by atoms with Gasteiger partial charge in [-0.1, -0.05) is 146 Å². The topological polar surface area (TPSA) is 92.7 Å². The van der Waals surface area contributed by atoms with Gasteiger partial charge in [0.2, 0.25) is 0 Å². The van der Waals surface area contributed by atoms with Gasteiger partial charge in [-0.05, 0) is 70.5 Å². The molecule has 1 heterocycles. The molecule has 6 aromatic carbocycles. The summed E-state index contributed by atoms with van der Waals surface area (Å²) < 4.78 is 39.8. The van der Waals surface area contributed by atoms with E-state index in [0.717, 1.165) is 39.1 Å². The van der Waals surface area contributed by atoms with Gasteiger partial charge in [-0.2, -0.15) is 0 Å². The Morgan fingerprint density at radius 1 is 0.552 bits per heavy atom. The Balaban J connectivity index is 1.29. The maximum atomic E-state index is 13.1. The molecular formula is C50H50O8. The first-order valence-electron chi connectivity index (χ1n) is 19.9. The molecule has 8 nitrogen and oxygen atoms in total. The van der Waals surface area contributed by atoms with Crippen LogP contribution in [0.1, 0.15) is 62.3 Å². The summed E-state index contributed by atoms with van der Waals surface area (Å²) in [6, 6.07) is 53.2. The first-order valence-corrected chi connectivity index (χ1v) is 19.9. The predicted molar refractivity (Wildman–Crippen MR) is 223 cm³/mol. The minimum atomic E-state index is -1.06. The molecule has 0 saturated carbocycles. The molecule has 1 aliphatic heterocycles. The molecule has 0 unspecified atom stereocenters. The third-order valence-corrected chi connectivity index (χ3v) is 10.2. The van der Waals surface area contributed by atoms with E-state index < -0.39 is 36.5 Å². The molecule has 0 aromatic heterocycles. The van der Waals surface area contributed by atoms with Gasteiger partial charge in [0.25, 0.3) is 0 Å². The molecule has 0 amide bonds. The number of hydrogen-bond acceptors (Lipinski definition) is 7. The Morgan fingerprint density at radius 2 is 1.03 bits per heavy atom. The number of benzene rings is 6. The second kappa shape index (κ2) is 20.7. The van der Waals surface area contributed by atoms with Gasteiger partial charge in [0, 0.05) is 0 Å². The molecule has 1 aliphatic rings. The van der Waals surface area contributed by atoms with E-state index in [4.69, 9.17) is 28.4 Å². The van der Waals surface area contributed by atoms with E-state index in [-0.39, 0.29) is 25.4 Å². The molecule has 0 aliphatic carbocycles. The highest BCUT2D eigenvalue weighted by Crippen LogP contribution is 2.40. The van der Waals surface area contributed by atoms with Crippen molar-refractivity contribution in [3.05, 3.63) is 208 Å². The minimum absolute atomic E-state index is 0.128. The number of hydrogen-bond donors (Lipinski definition) is 1. The second-order valence-corrected chi connectivity index (χ2v) is 14.4. The van der Waals surface area contributed by atoms with Crippen LogP contribution >= 0.6 is 0 Å². The van der Waals surface area contributed by atoms with Crippen molar-refractivity contribution in [2.75, 3.05) is 13.2 Å². The van der Waals surface area contributed by atoms with Crippen molar-refractivity contribution < 1.29 is 38.3 Å². The van der Waals surface area contributed by atoms with Gasteiger partial charge in [-0.15, -0.1) is 0 Å². The molecule has 1 saturated heterocycles. The largest absolute Gasteiger partial charge is 0.494 e. The Hall–Kier alpha value is -5.61. The van der Waals surface area contributed by atoms with Crippen LogP contribution < -0.4 is 4.74 Å². The number of aromatic carboxylic acids is 1. The van der Waals surface area contributed by atoms with E-state index >= 15 is 0 Å². The lowest BCUT2D eigenvalue weighted by Crippen LogP contribution is -2.58. The van der Waals surface area contributed by atoms with Crippen LogP contribution in [0.3, 0.4) is 0 Å². The Morgan fingerprint density at radius 3 is 1.55 bits per heavy atom.